The lowest BCUT2D eigenvalue weighted by molar-refractivity contribution is -0.00815. The molecular formula is C14H22N2O2. The van der Waals surface area contributed by atoms with Gasteiger partial charge in [-0.2, -0.15) is 0 Å². The molecule has 1 amide bonds. The molecule has 3 N–H and O–H groups in total. The van der Waals surface area contributed by atoms with E-state index in [0.29, 0.717) is 25.3 Å². The molecule has 0 spiro atoms. The van der Waals surface area contributed by atoms with Crippen LogP contribution >= 0.6 is 0 Å². The Morgan fingerprint density at radius 3 is 2.44 bits per heavy atom. The Morgan fingerprint density at radius 2 is 1.94 bits per heavy atom. The van der Waals surface area contributed by atoms with E-state index in [0.717, 1.165) is 5.56 Å². The average Bonchev–Trinajstić information content (AvgIpc) is 2.36. The fourth-order valence-corrected chi connectivity index (χ4v) is 1.63. The van der Waals surface area contributed by atoms with Crippen molar-refractivity contribution in [2.24, 2.45) is 5.73 Å². The highest BCUT2D eigenvalue weighted by Crippen LogP contribution is 2.08. The van der Waals surface area contributed by atoms with Gasteiger partial charge in [-0.15, -0.1) is 0 Å². The first kappa shape index (κ1) is 14.7. The van der Waals surface area contributed by atoms with Crippen LogP contribution in [0.15, 0.2) is 24.3 Å². The Hall–Kier alpha value is -1.39. The van der Waals surface area contributed by atoms with Crippen molar-refractivity contribution in [2.75, 3.05) is 13.2 Å². The monoisotopic (exact) mass is 250 g/mol. The van der Waals surface area contributed by atoms with E-state index >= 15 is 0 Å². The summed E-state index contributed by atoms with van der Waals surface area (Å²) in [5.74, 6) is -0.0913. The van der Waals surface area contributed by atoms with Crippen LogP contribution in [0.25, 0.3) is 0 Å². The van der Waals surface area contributed by atoms with Crippen LogP contribution in [0.4, 0.5) is 0 Å². The molecule has 0 fully saturated rings. The van der Waals surface area contributed by atoms with E-state index in [1.165, 1.54) is 0 Å². The molecule has 0 aliphatic carbocycles. The average molecular weight is 250 g/mol. The fourth-order valence-electron chi connectivity index (χ4n) is 1.63. The molecule has 0 atom stereocenters. The lowest BCUT2D eigenvalue weighted by Gasteiger charge is -2.24. The molecule has 0 unspecified atom stereocenters. The Bertz CT molecular complexity index is 385. The maximum Gasteiger partial charge on any atom is 0.251 e. The maximum absolute atomic E-state index is 11.9. The molecule has 0 radical (unpaired) electrons. The summed E-state index contributed by atoms with van der Waals surface area (Å²) in [6.45, 7) is 7.45. The summed E-state index contributed by atoms with van der Waals surface area (Å²) >= 11 is 0. The molecule has 100 valence electrons. The van der Waals surface area contributed by atoms with Gasteiger partial charge < -0.3 is 15.8 Å². The molecule has 0 bridgehead atoms. The number of carbonyl (C=O) groups is 1. The standard InChI is InChI=1S/C14H22N2O2/c1-4-18-14(2,3)10-16-13(17)12-7-5-11(9-15)6-8-12/h5-8H,4,9-10,15H2,1-3H3,(H,16,17). The van der Waals surface area contributed by atoms with Gasteiger partial charge >= 0.3 is 0 Å². The van der Waals surface area contributed by atoms with Gasteiger partial charge in [0, 0.05) is 25.3 Å². The number of nitrogens with two attached hydrogens (primary N) is 1. The molecule has 0 aliphatic rings. The predicted octanol–water partition coefficient (Wildman–Crippen LogP) is 1.69. The Balaban J connectivity index is 2.54. The minimum absolute atomic E-state index is 0.0913. The van der Waals surface area contributed by atoms with Crippen LogP contribution in [0.1, 0.15) is 36.7 Å². The number of carbonyl (C=O) groups excluding carboxylic acids is 1. The van der Waals surface area contributed by atoms with E-state index in [4.69, 9.17) is 10.5 Å². The van der Waals surface area contributed by atoms with Crippen LogP contribution in [-0.2, 0) is 11.3 Å². The predicted molar refractivity (Wildman–Crippen MR) is 72.4 cm³/mol. The summed E-state index contributed by atoms with van der Waals surface area (Å²) in [5.41, 5.74) is 6.82. The van der Waals surface area contributed by atoms with Crippen LogP contribution in [0, 0.1) is 0 Å². The number of hydrogen-bond donors (Lipinski definition) is 2. The third-order valence-corrected chi connectivity index (χ3v) is 2.66. The van der Waals surface area contributed by atoms with Crippen molar-refractivity contribution in [3.05, 3.63) is 35.4 Å². The summed E-state index contributed by atoms with van der Waals surface area (Å²) in [6.07, 6.45) is 0. The molecule has 1 aromatic rings. The molecule has 0 aliphatic heterocycles. The van der Waals surface area contributed by atoms with Crippen LogP contribution in [0.2, 0.25) is 0 Å². The second-order valence-corrected chi connectivity index (χ2v) is 4.78. The molecule has 18 heavy (non-hydrogen) atoms. The van der Waals surface area contributed by atoms with Crippen molar-refractivity contribution in [3.63, 3.8) is 0 Å². The highest BCUT2D eigenvalue weighted by Gasteiger charge is 2.18. The van der Waals surface area contributed by atoms with Crippen LogP contribution in [0.5, 0.6) is 0 Å². The summed E-state index contributed by atoms with van der Waals surface area (Å²) in [6, 6.07) is 7.29. The van der Waals surface area contributed by atoms with Crippen molar-refractivity contribution in [2.45, 2.75) is 32.9 Å². The number of ether oxygens (including phenoxy) is 1. The van der Waals surface area contributed by atoms with Gasteiger partial charge in [0.1, 0.15) is 0 Å². The van der Waals surface area contributed by atoms with Gasteiger partial charge in [0.15, 0.2) is 0 Å². The second kappa shape index (κ2) is 6.52. The summed E-state index contributed by atoms with van der Waals surface area (Å²) < 4.78 is 5.52. The van der Waals surface area contributed by atoms with Crippen molar-refractivity contribution in [3.8, 4) is 0 Å². The molecular weight excluding hydrogens is 228 g/mol. The zero-order valence-corrected chi connectivity index (χ0v) is 11.3. The quantitative estimate of drug-likeness (QED) is 0.807. The third-order valence-electron chi connectivity index (χ3n) is 2.66. The maximum atomic E-state index is 11.9. The molecule has 0 saturated carbocycles. The molecule has 1 aromatic carbocycles. The number of amides is 1. The summed E-state index contributed by atoms with van der Waals surface area (Å²) in [4.78, 5) is 11.9. The van der Waals surface area contributed by atoms with Crippen molar-refractivity contribution in [1.82, 2.24) is 5.32 Å². The molecule has 4 nitrogen and oxygen atoms in total. The van der Waals surface area contributed by atoms with Crippen molar-refractivity contribution >= 4 is 5.91 Å². The van der Waals surface area contributed by atoms with Crippen LogP contribution in [0.3, 0.4) is 0 Å². The highest BCUT2D eigenvalue weighted by molar-refractivity contribution is 5.94. The SMILES string of the molecule is CCOC(C)(C)CNC(=O)c1ccc(CN)cc1. The Morgan fingerprint density at radius 1 is 1.33 bits per heavy atom. The van der Waals surface area contributed by atoms with Crippen molar-refractivity contribution < 1.29 is 9.53 Å². The zero-order valence-electron chi connectivity index (χ0n) is 11.3. The first-order valence-corrected chi connectivity index (χ1v) is 6.19. The normalized spacial score (nSPS) is 11.3. The molecule has 0 heterocycles. The number of rotatable bonds is 6. The van der Waals surface area contributed by atoms with Crippen LogP contribution in [-0.4, -0.2) is 24.7 Å². The third kappa shape index (κ3) is 4.47. The minimum atomic E-state index is -0.346. The first-order chi connectivity index (χ1) is 8.48. The van der Waals surface area contributed by atoms with E-state index in [-0.39, 0.29) is 11.5 Å². The summed E-state index contributed by atoms with van der Waals surface area (Å²) in [5, 5.41) is 2.87. The van der Waals surface area contributed by atoms with Gasteiger partial charge in [-0.1, -0.05) is 12.1 Å². The minimum Gasteiger partial charge on any atom is -0.374 e. The Labute approximate surface area is 109 Å². The summed E-state index contributed by atoms with van der Waals surface area (Å²) in [7, 11) is 0. The van der Waals surface area contributed by atoms with Crippen LogP contribution < -0.4 is 11.1 Å². The number of nitrogens with one attached hydrogen (secondary N) is 1. The topological polar surface area (TPSA) is 64.3 Å². The molecule has 1 rings (SSSR count). The molecule has 4 heteroatoms. The van der Waals surface area contributed by atoms with Gasteiger partial charge in [0.2, 0.25) is 0 Å². The smallest absolute Gasteiger partial charge is 0.251 e. The first-order valence-electron chi connectivity index (χ1n) is 6.19. The largest absolute Gasteiger partial charge is 0.374 e. The van der Waals surface area contributed by atoms with E-state index < -0.39 is 0 Å². The van der Waals surface area contributed by atoms with Gasteiger partial charge in [-0.05, 0) is 38.5 Å². The Kier molecular flexibility index (Phi) is 5.31. The number of benzene rings is 1. The highest BCUT2D eigenvalue weighted by atomic mass is 16.5. The zero-order chi connectivity index (χ0) is 13.6. The fraction of sp³-hybridized carbons (Fsp3) is 0.500. The van der Waals surface area contributed by atoms with E-state index in [9.17, 15) is 4.79 Å². The lowest BCUT2D eigenvalue weighted by atomic mass is 10.1. The van der Waals surface area contributed by atoms with Gasteiger partial charge in [0.25, 0.3) is 5.91 Å². The van der Waals surface area contributed by atoms with E-state index in [1.54, 1.807) is 12.1 Å². The van der Waals surface area contributed by atoms with Gasteiger partial charge in [0.05, 0.1) is 5.60 Å². The number of hydrogen-bond acceptors (Lipinski definition) is 3. The molecule has 0 saturated heterocycles. The van der Waals surface area contributed by atoms with E-state index in [2.05, 4.69) is 5.32 Å². The van der Waals surface area contributed by atoms with Gasteiger partial charge in [-0.3, -0.25) is 4.79 Å². The van der Waals surface area contributed by atoms with Crippen molar-refractivity contribution in [1.29, 1.82) is 0 Å². The molecule has 0 aromatic heterocycles. The second-order valence-electron chi connectivity index (χ2n) is 4.78. The lowest BCUT2D eigenvalue weighted by Crippen LogP contribution is -2.40. The van der Waals surface area contributed by atoms with Gasteiger partial charge in [-0.25, -0.2) is 0 Å². The van der Waals surface area contributed by atoms with E-state index in [1.807, 2.05) is 32.9 Å².